The quantitative estimate of drug-likeness (QED) is 0.641. The van der Waals surface area contributed by atoms with Crippen LogP contribution < -0.4 is 5.32 Å². The summed E-state index contributed by atoms with van der Waals surface area (Å²) in [7, 11) is 0. The standard InChI is InChI=1S/C12H9F3N2O2/c1-2-7(6-16)11(19)17-8-3-4-9(10(18)5-8)12(13,14)15/h2-5,18H,1H3,(H,17,19)/b7-2+. The summed E-state index contributed by atoms with van der Waals surface area (Å²) in [6, 6.07) is 4.03. The number of halogens is 3. The summed E-state index contributed by atoms with van der Waals surface area (Å²) in [5.41, 5.74) is -1.42. The summed E-state index contributed by atoms with van der Waals surface area (Å²) in [6.07, 6.45) is -3.41. The van der Waals surface area contributed by atoms with Crippen LogP contribution in [0, 0.1) is 11.3 Å². The summed E-state index contributed by atoms with van der Waals surface area (Å²) < 4.78 is 37.1. The Bertz CT molecular complexity index is 571. The van der Waals surface area contributed by atoms with Crippen LogP contribution in [0.1, 0.15) is 12.5 Å². The first-order valence-corrected chi connectivity index (χ1v) is 5.07. The molecule has 0 fully saturated rings. The number of aromatic hydroxyl groups is 1. The number of phenols is 1. The van der Waals surface area contributed by atoms with Gasteiger partial charge in [0.15, 0.2) is 0 Å². The van der Waals surface area contributed by atoms with Crippen LogP contribution in [0.15, 0.2) is 29.8 Å². The van der Waals surface area contributed by atoms with Crippen LogP contribution in [-0.2, 0) is 11.0 Å². The SMILES string of the molecule is C/C=C(\C#N)C(=O)Nc1ccc(C(F)(F)F)c(O)c1. The molecule has 1 aromatic rings. The molecule has 0 aliphatic carbocycles. The lowest BCUT2D eigenvalue weighted by Crippen LogP contribution is -2.13. The smallest absolute Gasteiger partial charge is 0.419 e. The third kappa shape index (κ3) is 3.48. The number of hydrogen-bond acceptors (Lipinski definition) is 3. The van der Waals surface area contributed by atoms with E-state index in [2.05, 4.69) is 5.32 Å². The molecule has 100 valence electrons. The van der Waals surface area contributed by atoms with Crippen molar-refractivity contribution >= 4 is 11.6 Å². The highest BCUT2D eigenvalue weighted by Gasteiger charge is 2.33. The molecule has 0 spiro atoms. The Morgan fingerprint density at radius 2 is 2.11 bits per heavy atom. The largest absolute Gasteiger partial charge is 0.507 e. The fourth-order valence-electron chi connectivity index (χ4n) is 1.29. The van der Waals surface area contributed by atoms with Gasteiger partial charge in [-0.2, -0.15) is 18.4 Å². The topological polar surface area (TPSA) is 73.1 Å². The number of anilines is 1. The van der Waals surface area contributed by atoms with Gasteiger partial charge in [-0.1, -0.05) is 6.08 Å². The summed E-state index contributed by atoms with van der Waals surface area (Å²) in [5, 5.41) is 20.1. The molecule has 0 saturated carbocycles. The Balaban J connectivity index is 2.98. The number of carbonyl (C=O) groups is 1. The molecule has 0 radical (unpaired) electrons. The fourth-order valence-corrected chi connectivity index (χ4v) is 1.29. The second-order valence-corrected chi connectivity index (χ2v) is 3.50. The molecule has 2 N–H and O–H groups in total. The van der Waals surface area contributed by atoms with E-state index >= 15 is 0 Å². The zero-order chi connectivity index (χ0) is 14.6. The third-order valence-electron chi connectivity index (χ3n) is 2.21. The maximum absolute atomic E-state index is 12.4. The van der Waals surface area contributed by atoms with E-state index < -0.39 is 23.4 Å². The molecule has 19 heavy (non-hydrogen) atoms. The zero-order valence-electron chi connectivity index (χ0n) is 9.75. The zero-order valence-corrected chi connectivity index (χ0v) is 9.75. The first-order chi connectivity index (χ1) is 8.79. The molecule has 0 bridgehead atoms. The van der Waals surface area contributed by atoms with Gasteiger partial charge in [0.25, 0.3) is 5.91 Å². The highest BCUT2D eigenvalue weighted by Crippen LogP contribution is 2.36. The Hall–Kier alpha value is -2.49. The van der Waals surface area contributed by atoms with Crippen LogP contribution in [-0.4, -0.2) is 11.0 Å². The minimum atomic E-state index is -4.67. The van der Waals surface area contributed by atoms with Gasteiger partial charge < -0.3 is 10.4 Å². The van der Waals surface area contributed by atoms with Crippen LogP contribution in [0.2, 0.25) is 0 Å². The van der Waals surface area contributed by atoms with Gasteiger partial charge in [0, 0.05) is 11.8 Å². The Morgan fingerprint density at radius 1 is 1.47 bits per heavy atom. The second-order valence-electron chi connectivity index (χ2n) is 3.50. The molecular formula is C12H9F3N2O2. The number of nitriles is 1. The molecule has 0 saturated heterocycles. The van der Waals surface area contributed by atoms with Gasteiger partial charge in [0.1, 0.15) is 17.4 Å². The lowest BCUT2D eigenvalue weighted by molar-refractivity contribution is -0.138. The minimum Gasteiger partial charge on any atom is -0.507 e. The Labute approximate surface area is 106 Å². The molecule has 0 aliphatic rings. The number of hydrogen-bond donors (Lipinski definition) is 2. The average molecular weight is 270 g/mol. The Kier molecular flexibility index (Phi) is 4.17. The first kappa shape index (κ1) is 14.6. The number of allylic oxidation sites excluding steroid dienone is 1. The van der Waals surface area contributed by atoms with E-state index in [9.17, 15) is 23.1 Å². The van der Waals surface area contributed by atoms with Gasteiger partial charge in [-0.25, -0.2) is 0 Å². The number of alkyl halides is 3. The minimum absolute atomic E-state index is 0.0369. The maximum atomic E-state index is 12.4. The van der Waals surface area contributed by atoms with Crippen molar-refractivity contribution in [2.24, 2.45) is 0 Å². The van der Waals surface area contributed by atoms with Crippen LogP contribution in [0.3, 0.4) is 0 Å². The lowest BCUT2D eigenvalue weighted by atomic mass is 10.1. The highest BCUT2D eigenvalue weighted by molar-refractivity contribution is 6.06. The van der Waals surface area contributed by atoms with Crippen LogP contribution in [0.4, 0.5) is 18.9 Å². The predicted octanol–water partition coefficient (Wildman–Crippen LogP) is 2.82. The Morgan fingerprint density at radius 3 is 2.53 bits per heavy atom. The number of nitrogens with zero attached hydrogens (tertiary/aromatic N) is 1. The van der Waals surface area contributed by atoms with Crippen molar-refractivity contribution in [2.75, 3.05) is 5.32 Å². The predicted molar refractivity (Wildman–Crippen MR) is 61.1 cm³/mol. The van der Waals surface area contributed by atoms with Crippen molar-refractivity contribution in [2.45, 2.75) is 13.1 Å². The van der Waals surface area contributed by atoms with Crippen LogP contribution in [0.5, 0.6) is 5.75 Å². The number of amides is 1. The van der Waals surface area contributed by atoms with Crippen molar-refractivity contribution in [3.63, 3.8) is 0 Å². The highest BCUT2D eigenvalue weighted by atomic mass is 19.4. The van der Waals surface area contributed by atoms with E-state index in [4.69, 9.17) is 5.26 Å². The van der Waals surface area contributed by atoms with E-state index in [1.165, 1.54) is 13.0 Å². The van der Waals surface area contributed by atoms with Gasteiger partial charge in [-0.15, -0.1) is 0 Å². The summed E-state index contributed by atoms with van der Waals surface area (Å²) in [6.45, 7) is 1.47. The van der Waals surface area contributed by atoms with E-state index in [0.29, 0.717) is 6.07 Å². The van der Waals surface area contributed by atoms with E-state index in [1.807, 2.05) is 0 Å². The van der Waals surface area contributed by atoms with Gasteiger partial charge in [0.2, 0.25) is 0 Å². The number of benzene rings is 1. The van der Waals surface area contributed by atoms with Gasteiger partial charge in [-0.3, -0.25) is 4.79 Å². The monoisotopic (exact) mass is 270 g/mol. The molecule has 0 heterocycles. The van der Waals surface area contributed by atoms with E-state index in [0.717, 1.165) is 12.1 Å². The molecule has 0 atom stereocenters. The van der Waals surface area contributed by atoms with Crippen LogP contribution >= 0.6 is 0 Å². The van der Waals surface area contributed by atoms with Crippen molar-refractivity contribution in [3.8, 4) is 11.8 Å². The van der Waals surface area contributed by atoms with Crippen molar-refractivity contribution < 1.29 is 23.1 Å². The maximum Gasteiger partial charge on any atom is 0.419 e. The average Bonchev–Trinajstić information content (AvgIpc) is 2.28. The lowest BCUT2D eigenvalue weighted by Gasteiger charge is -2.10. The molecule has 1 rings (SSSR count). The van der Waals surface area contributed by atoms with Crippen molar-refractivity contribution in [3.05, 3.63) is 35.4 Å². The summed E-state index contributed by atoms with van der Waals surface area (Å²) in [5.74, 6) is -1.76. The number of phenolic OH excluding ortho intramolecular Hbond substituents is 1. The molecule has 7 heteroatoms. The van der Waals surface area contributed by atoms with E-state index in [1.54, 1.807) is 6.07 Å². The third-order valence-corrected chi connectivity index (χ3v) is 2.21. The molecule has 0 aromatic heterocycles. The molecule has 0 aliphatic heterocycles. The van der Waals surface area contributed by atoms with Gasteiger partial charge >= 0.3 is 6.18 Å². The van der Waals surface area contributed by atoms with Gasteiger partial charge in [-0.05, 0) is 19.1 Å². The molecule has 1 aromatic carbocycles. The number of nitrogens with one attached hydrogen (secondary N) is 1. The molecule has 0 unspecified atom stereocenters. The van der Waals surface area contributed by atoms with Gasteiger partial charge in [0.05, 0.1) is 5.56 Å². The molecule has 1 amide bonds. The van der Waals surface area contributed by atoms with Crippen LogP contribution in [0.25, 0.3) is 0 Å². The van der Waals surface area contributed by atoms with E-state index in [-0.39, 0.29) is 11.3 Å². The first-order valence-electron chi connectivity index (χ1n) is 5.07. The van der Waals surface area contributed by atoms with Crippen molar-refractivity contribution in [1.29, 1.82) is 5.26 Å². The summed E-state index contributed by atoms with van der Waals surface area (Å²) >= 11 is 0. The van der Waals surface area contributed by atoms with Crippen molar-refractivity contribution in [1.82, 2.24) is 0 Å². The molecular weight excluding hydrogens is 261 g/mol. The fraction of sp³-hybridized carbons (Fsp3) is 0.167. The number of carbonyl (C=O) groups excluding carboxylic acids is 1. The summed E-state index contributed by atoms with van der Waals surface area (Å²) in [4.78, 5) is 11.5. The second kappa shape index (κ2) is 5.44. The number of rotatable bonds is 2. The normalized spacial score (nSPS) is 11.8. The molecule has 4 nitrogen and oxygen atoms in total.